The van der Waals surface area contributed by atoms with E-state index in [1.54, 1.807) is 18.5 Å². The van der Waals surface area contributed by atoms with Crippen molar-refractivity contribution in [1.29, 1.82) is 5.26 Å². The Morgan fingerprint density at radius 2 is 2.12 bits per heavy atom. The van der Waals surface area contributed by atoms with Crippen LogP contribution >= 0.6 is 0 Å². The van der Waals surface area contributed by atoms with E-state index < -0.39 is 0 Å². The normalized spacial score (nSPS) is 18.3. The molecule has 4 aromatic rings. The molecule has 5 rings (SSSR count). The number of pyridine rings is 1. The standard InChI is InChI=1S/C24H23N7O2/c1-14-11-28-21(13-26-14)30-23(32)9-22-29-20-12-27-19-4-3-16(10-25)8-18(19)24(20)31(22)17-5-6-33-15(2)7-17/h3-4,8,11-13,15,17H,5-7,9H2,1-2H3,(H,28,30,32)/t15-,17-/m1/s1. The molecule has 0 radical (unpaired) electrons. The van der Waals surface area contributed by atoms with Crippen molar-refractivity contribution in [2.75, 3.05) is 11.9 Å². The number of carbonyl (C=O) groups is 1. The van der Waals surface area contributed by atoms with Gasteiger partial charge < -0.3 is 14.6 Å². The largest absolute Gasteiger partial charge is 0.378 e. The minimum Gasteiger partial charge on any atom is -0.378 e. The Hall–Kier alpha value is -3.90. The van der Waals surface area contributed by atoms with Gasteiger partial charge in [-0.3, -0.25) is 14.8 Å². The molecule has 1 N–H and O–H groups in total. The lowest BCUT2D eigenvalue weighted by atomic mass is 10.0. The first kappa shape index (κ1) is 21.0. The van der Waals surface area contributed by atoms with Crippen molar-refractivity contribution in [1.82, 2.24) is 24.5 Å². The quantitative estimate of drug-likeness (QED) is 0.515. The Kier molecular flexibility index (Phi) is 5.44. The fourth-order valence-electron chi connectivity index (χ4n) is 4.41. The summed E-state index contributed by atoms with van der Waals surface area (Å²) in [6, 6.07) is 7.78. The molecule has 166 valence electrons. The van der Waals surface area contributed by atoms with E-state index in [-0.39, 0.29) is 24.5 Å². The summed E-state index contributed by atoms with van der Waals surface area (Å²) in [5.41, 5.74) is 3.72. The first-order chi connectivity index (χ1) is 16.0. The van der Waals surface area contributed by atoms with Crippen LogP contribution in [0.3, 0.4) is 0 Å². The minimum absolute atomic E-state index is 0.0788. The molecule has 4 heterocycles. The van der Waals surface area contributed by atoms with E-state index in [4.69, 9.17) is 9.72 Å². The molecule has 0 unspecified atom stereocenters. The molecule has 1 aliphatic heterocycles. The number of imidazole rings is 1. The lowest BCUT2D eigenvalue weighted by Gasteiger charge is -2.30. The Morgan fingerprint density at radius 1 is 1.24 bits per heavy atom. The maximum Gasteiger partial charge on any atom is 0.233 e. The van der Waals surface area contributed by atoms with Crippen LogP contribution in [0.2, 0.25) is 0 Å². The second-order valence-corrected chi connectivity index (χ2v) is 8.36. The number of hydrogen-bond acceptors (Lipinski definition) is 7. The number of benzene rings is 1. The van der Waals surface area contributed by atoms with Gasteiger partial charge in [0.05, 0.1) is 59.5 Å². The fraction of sp³-hybridized carbons (Fsp3) is 0.333. The van der Waals surface area contributed by atoms with Crippen molar-refractivity contribution in [3.05, 3.63) is 53.9 Å². The lowest BCUT2D eigenvalue weighted by Crippen LogP contribution is -2.27. The summed E-state index contributed by atoms with van der Waals surface area (Å²) >= 11 is 0. The molecular weight excluding hydrogens is 418 g/mol. The number of ether oxygens (including phenoxy) is 1. The molecule has 33 heavy (non-hydrogen) atoms. The molecule has 1 amide bonds. The van der Waals surface area contributed by atoms with Crippen molar-refractivity contribution in [2.45, 2.75) is 45.3 Å². The van der Waals surface area contributed by atoms with Gasteiger partial charge in [0.1, 0.15) is 11.3 Å². The summed E-state index contributed by atoms with van der Waals surface area (Å²) in [6.45, 7) is 4.54. The van der Waals surface area contributed by atoms with E-state index in [2.05, 4.69) is 37.8 Å². The molecule has 9 nitrogen and oxygen atoms in total. The predicted molar refractivity (Wildman–Crippen MR) is 123 cm³/mol. The first-order valence-corrected chi connectivity index (χ1v) is 10.9. The third-order valence-corrected chi connectivity index (χ3v) is 5.91. The van der Waals surface area contributed by atoms with Crippen LogP contribution in [0.5, 0.6) is 0 Å². The van der Waals surface area contributed by atoms with Crippen molar-refractivity contribution in [3.8, 4) is 6.07 Å². The molecular formula is C24H23N7O2. The zero-order valence-electron chi connectivity index (χ0n) is 18.4. The number of aromatic nitrogens is 5. The molecule has 3 aromatic heterocycles. The highest BCUT2D eigenvalue weighted by molar-refractivity contribution is 6.03. The highest BCUT2D eigenvalue weighted by Gasteiger charge is 2.27. The molecule has 1 aliphatic rings. The summed E-state index contributed by atoms with van der Waals surface area (Å²) in [4.78, 5) is 30.6. The van der Waals surface area contributed by atoms with Gasteiger partial charge in [0.2, 0.25) is 5.91 Å². The Bertz CT molecular complexity index is 1390. The Morgan fingerprint density at radius 3 is 2.88 bits per heavy atom. The second kappa shape index (κ2) is 8.56. The number of amides is 1. The summed E-state index contributed by atoms with van der Waals surface area (Å²) in [5, 5.41) is 13.1. The molecule has 1 fully saturated rings. The van der Waals surface area contributed by atoms with Crippen LogP contribution in [-0.4, -0.2) is 43.1 Å². The van der Waals surface area contributed by atoms with E-state index in [1.807, 2.05) is 19.1 Å². The topological polar surface area (TPSA) is 119 Å². The SMILES string of the molecule is Cc1cnc(NC(=O)Cc2nc3cnc4ccc(C#N)cc4c3n2[C@@H]2CCO[C@H](C)C2)cn1. The highest BCUT2D eigenvalue weighted by atomic mass is 16.5. The van der Waals surface area contributed by atoms with Gasteiger partial charge in [0.15, 0.2) is 5.82 Å². The van der Waals surface area contributed by atoms with Crippen molar-refractivity contribution < 1.29 is 9.53 Å². The maximum absolute atomic E-state index is 12.9. The van der Waals surface area contributed by atoms with Crippen LogP contribution in [-0.2, 0) is 16.0 Å². The van der Waals surface area contributed by atoms with Gasteiger partial charge >= 0.3 is 0 Å². The highest BCUT2D eigenvalue weighted by Crippen LogP contribution is 2.34. The van der Waals surface area contributed by atoms with Gasteiger partial charge in [-0.05, 0) is 44.9 Å². The predicted octanol–water partition coefficient (Wildman–Crippen LogP) is 3.48. The lowest BCUT2D eigenvalue weighted by molar-refractivity contribution is -0.115. The molecule has 1 saturated heterocycles. The van der Waals surface area contributed by atoms with Crippen molar-refractivity contribution in [3.63, 3.8) is 0 Å². The number of rotatable bonds is 4. The van der Waals surface area contributed by atoms with E-state index in [0.29, 0.717) is 29.3 Å². The third-order valence-electron chi connectivity index (χ3n) is 5.91. The summed E-state index contributed by atoms with van der Waals surface area (Å²) in [5.74, 6) is 0.830. The van der Waals surface area contributed by atoms with Gasteiger partial charge in [-0.25, -0.2) is 9.97 Å². The number of aryl methyl sites for hydroxylation is 1. The summed E-state index contributed by atoms with van der Waals surface area (Å²) in [7, 11) is 0. The van der Waals surface area contributed by atoms with Gasteiger partial charge in [0, 0.05) is 18.0 Å². The van der Waals surface area contributed by atoms with Gasteiger partial charge in [-0.1, -0.05) is 0 Å². The molecule has 0 saturated carbocycles. The van der Waals surface area contributed by atoms with Gasteiger partial charge in [-0.2, -0.15) is 5.26 Å². The Labute approximate surface area is 190 Å². The number of nitrogens with one attached hydrogen (secondary N) is 1. The number of carbonyl (C=O) groups excluding carboxylic acids is 1. The first-order valence-electron chi connectivity index (χ1n) is 10.9. The number of fused-ring (bicyclic) bond motifs is 3. The second-order valence-electron chi connectivity index (χ2n) is 8.36. The maximum atomic E-state index is 12.9. The molecule has 9 heteroatoms. The van der Waals surface area contributed by atoms with Crippen LogP contribution in [0.4, 0.5) is 5.82 Å². The van der Waals surface area contributed by atoms with Gasteiger partial charge in [-0.15, -0.1) is 0 Å². The van der Waals surface area contributed by atoms with Crippen LogP contribution in [0.1, 0.15) is 42.9 Å². The molecule has 2 atom stereocenters. The number of hydrogen-bond donors (Lipinski definition) is 1. The van der Waals surface area contributed by atoms with Crippen LogP contribution in [0, 0.1) is 18.3 Å². The fourth-order valence-corrected chi connectivity index (χ4v) is 4.41. The van der Waals surface area contributed by atoms with Crippen LogP contribution < -0.4 is 5.32 Å². The van der Waals surface area contributed by atoms with E-state index in [0.717, 1.165) is 35.0 Å². The van der Waals surface area contributed by atoms with Crippen molar-refractivity contribution >= 4 is 33.7 Å². The number of nitrogens with zero attached hydrogens (tertiary/aromatic N) is 6. The van der Waals surface area contributed by atoms with Crippen molar-refractivity contribution in [2.24, 2.45) is 0 Å². The monoisotopic (exact) mass is 441 g/mol. The molecule has 0 spiro atoms. The van der Waals surface area contributed by atoms with E-state index >= 15 is 0 Å². The van der Waals surface area contributed by atoms with Crippen LogP contribution in [0.25, 0.3) is 21.9 Å². The summed E-state index contributed by atoms with van der Waals surface area (Å²) in [6.07, 6.45) is 6.69. The number of nitriles is 1. The average Bonchev–Trinajstić information content (AvgIpc) is 3.18. The smallest absolute Gasteiger partial charge is 0.233 e. The zero-order valence-corrected chi connectivity index (χ0v) is 18.4. The Balaban J connectivity index is 1.60. The van der Waals surface area contributed by atoms with Crippen LogP contribution in [0.15, 0.2) is 36.8 Å². The molecule has 0 aliphatic carbocycles. The minimum atomic E-state index is -0.222. The molecule has 1 aromatic carbocycles. The number of anilines is 1. The van der Waals surface area contributed by atoms with Gasteiger partial charge in [0.25, 0.3) is 0 Å². The third kappa shape index (κ3) is 4.13. The summed E-state index contributed by atoms with van der Waals surface area (Å²) < 4.78 is 7.92. The molecule has 0 bridgehead atoms. The van der Waals surface area contributed by atoms with E-state index in [9.17, 15) is 10.1 Å². The van der Waals surface area contributed by atoms with E-state index in [1.165, 1.54) is 6.20 Å². The average molecular weight is 441 g/mol. The zero-order chi connectivity index (χ0) is 22.9.